The van der Waals surface area contributed by atoms with Crippen molar-refractivity contribution in [1.82, 2.24) is 0 Å². The van der Waals surface area contributed by atoms with E-state index in [1.54, 1.807) is 6.92 Å². The third-order valence-electron chi connectivity index (χ3n) is 2.38. The summed E-state index contributed by atoms with van der Waals surface area (Å²) in [5, 5.41) is 11.1. The number of carbonyl (C=O) groups is 1. The van der Waals surface area contributed by atoms with Crippen LogP contribution in [0.15, 0.2) is 18.2 Å². The molecule has 1 unspecified atom stereocenters. The molecule has 1 rings (SSSR count). The van der Waals surface area contributed by atoms with Gasteiger partial charge in [-0.2, -0.15) is 0 Å². The number of esters is 1. The van der Waals surface area contributed by atoms with Crippen LogP contribution in [0.3, 0.4) is 0 Å². The maximum atomic E-state index is 11.8. The average molecular weight is 272 g/mol. The Bertz CT molecular complexity index is 461. The second-order valence-corrected chi connectivity index (χ2v) is 4.36. The SMILES string of the molecule is CCCC(C)OC(=O)c1cc(Cl)ccc1[N+](=O)[O-]. The highest BCUT2D eigenvalue weighted by molar-refractivity contribution is 6.31. The lowest BCUT2D eigenvalue weighted by Gasteiger charge is -2.12. The van der Waals surface area contributed by atoms with Gasteiger partial charge >= 0.3 is 5.97 Å². The fourth-order valence-corrected chi connectivity index (χ4v) is 1.71. The van der Waals surface area contributed by atoms with Crippen LogP contribution in [0.5, 0.6) is 0 Å². The predicted octanol–water partition coefficient (Wildman–Crippen LogP) is 3.59. The molecule has 1 atom stereocenters. The van der Waals surface area contributed by atoms with E-state index in [1.807, 2.05) is 6.92 Å². The Morgan fingerprint density at radius 1 is 1.56 bits per heavy atom. The van der Waals surface area contributed by atoms with Crippen LogP contribution in [-0.4, -0.2) is 17.0 Å². The fourth-order valence-electron chi connectivity index (χ4n) is 1.54. The van der Waals surface area contributed by atoms with Gasteiger partial charge in [0, 0.05) is 11.1 Å². The molecule has 0 N–H and O–H groups in total. The highest BCUT2D eigenvalue weighted by atomic mass is 35.5. The molecular formula is C12H14ClNO4. The first kappa shape index (κ1) is 14.4. The topological polar surface area (TPSA) is 69.4 Å². The Balaban J connectivity index is 2.97. The molecule has 6 heteroatoms. The summed E-state index contributed by atoms with van der Waals surface area (Å²) >= 11 is 5.73. The van der Waals surface area contributed by atoms with Gasteiger partial charge in [0.2, 0.25) is 0 Å². The zero-order valence-corrected chi connectivity index (χ0v) is 10.9. The van der Waals surface area contributed by atoms with Crippen LogP contribution in [0.25, 0.3) is 0 Å². The van der Waals surface area contributed by atoms with E-state index in [1.165, 1.54) is 18.2 Å². The van der Waals surface area contributed by atoms with Gasteiger partial charge in [-0.05, 0) is 25.5 Å². The van der Waals surface area contributed by atoms with Crippen LogP contribution in [0.1, 0.15) is 37.0 Å². The first-order valence-corrected chi connectivity index (χ1v) is 5.98. The number of halogens is 1. The molecule has 0 bridgehead atoms. The number of rotatable bonds is 5. The van der Waals surface area contributed by atoms with Crippen molar-refractivity contribution in [1.29, 1.82) is 0 Å². The van der Waals surface area contributed by atoms with Gasteiger partial charge in [-0.1, -0.05) is 24.9 Å². The molecule has 0 aliphatic rings. The van der Waals surface area contributed by atoms with E-state index in [-0.39, 0.29) is 22.4 Å². The van der Waals surface area contributed by atoms with Crippen LogP contribution >= 0.6 is 11.6 Å². The zero-order valence-electron chi connectivity index (χ0n) is 10.2. The van der Waals surface area contributed by atoms with Crippen molar-refractivity contribution in [3.05, 3.63) is 38.9 Å². The third-order valence-corrected chi connectivity index (χ3v) is 2.61. The molecule has 0 spiro atoms. The molecule has 0 fully saturated rings. The minimum Gasteiger partial charge on any atom is -0.459 e. The van der Waals surface area contributed by atoms with Crippen molar-refractivity contribution < 1.29 is 14.5 Å². The summed E-state index contributed by atoms with van der Waals surface area (Å²) in [7, 11) is 0. The summed E-state index contributed by atoms with van der Waals surface area (Å²) in [6, 6.07) is 3.82. The molecular weight excluding hydrogens is 258 g/mol. The predicted molar refractivity (Wildman–Crippen MR) is 67.9 cm³/mol. The molecule has 98 valence electrons. The van der Waals surface area contributed by atoms with E-state index in [2.05, 4.69) is 0 Å². The first-order chi connectivity index (χ1) is 8.45. The van der Waals surface area contributed by atoms with E-state index in [0.29, 0.717) is 6.42 Å². The van der Waals surface area contributed by atoms with Gasteiger partial charge in [-0.25, -0.2) is 4.79 Å². The van der Waals surface area contributed by atoms with Crippen molar-refractivity contribution in [3.8, 4) is 0 Å². The number of nitro benzene ring substituents is 1. The van der Waals surface area contributed by atoms with Crippen LogP contribution in [0, 0.1) is 10.1 Å². The lowest BCUT2D eigenvalue weighted by Crippen LogP contribution is -2.16. The molecule has 0 radical (unpaired) electrons. The van der Waals surface area contributed by atoms with E-state index in [0.717, 1.165) is 6.42 Å². The van der Waals surface area contributed by atoms with Crippen molar-refractivity contribution in [2.75, 3.05) is 0 Å². The molecule has 18 heavy (non-hydrogen) atoms. The van der Waals surface area contributed by atoms with Gasteiger partial charge in [-0.3, -0.25) is 10.1 Å². The quantitative estimate of drug-likeness (QED) is 0.466. The van der Waals surface area contributed by atoms with E-state index < -0.39 is 10.9 Å². The molecule has 1 aromatic carbocycles. The Morgan fingerprint density at radius 2 is 2.22 bits per heavy atom. The minimum absolute atomic E-state index is 0.115. The Hall–Kier alpha value is -1.62. The summed E-state index contributed by atoms with van der Waals surface area (Å²) in [5.74, 6) is -0.717. The third kappa shape index (κ3) is 3.70. The first-order valence-electron chi connectivity index (χ1n) is 5.60. The van der Waals surface area contributed by atoms with Gasteiger partial charge in [0.1, 0.15) is 5.56 Å². The van der Waals surface area contributed by atoms with Gasteiger partial charge in [0.15, 0.2) is 0 Å². The number of benzene rings is 1. The highest BCUT2D eigenvalue weighted by Gasteiger charge is 2.23. The average Bonchev–Trinajstić information content (AvgIpc) is 2.28. The Morgan fingerprint density at radius 3 is 2.78 bits per heavy atom. The number of ether oxygens (including phenoxy) is 1. The zero-order chi connectivity index (χ0) is 13.7. The van der Waals surface area contributed by atoms with Crippen molar-refractivity contribution in [2.45, 2.75) is 32.8 Å². The Kier molecular flexibility index (Phi) is 5.09. The van der Waals surface area contributed by atoms with Crippen LogP contribution in [-0.2, 0) is 4.74 Å². The van der Waals surface area contributed by atoms with E-state index in [4.69, 9.17) is 16.3 Å². The van der Waals surface area contributed by atoms with E-state index in [9.17, 15) is 14.9 Å². The summed E-state index contributed by atoms with van der Waals surface area (Å²) in [5.41, 5.74) is -0.413. The summed E-state index contributed by atoms with van der Waals surface area (Å²) in [6.07, 6.45) is 1.30. The molecule has 5 nitrogen and oxygen atoms in total. The molecule has 0 aliphatic heterocycles. The lowest BCUT2D eigenvalue weighted by molar-refractivity contribution is -0.385. The fraction of sp³-hybridized carbons (Fsp3) is 0.417. The standard InChI is InChI=1S/C12H14ClNO4/c1-3-4-8(2)18-12(15)10-7-9(13)5-6-11(10)14(16)17/h5-8H,3-4H2,1-2H3. The maximum absolute atomic E-state index is 11.8. The number of hydrogen-bond acceptors (Lipinski definition) is 4. The van der Waals surface area contributed by atoms with Crippen molar-refractivity contribution in [2.24, 2.45) is 0 Å². The molecule has 0 saturated carbocycles. The van der Waals surface area contributed by atoms with Crippen molar-refractivity contribution >= 4 is 23.3 Å². The van der Waals surface area contributed by atoms with Crippen molar-refractivity contribution in [3.63, 3.8) is 0 Å². The second-order valence-electron chi connectivity index (χ2n) is 3.92. The van der Waals surface area contributed by atoms with Gasteiger partial charge in [0.05, 0.1) is 11.0 Å². The smallest absolute Gasteiger partial charge is 0.345 e. The second kappa shape index (κ2) is 6.35. The van der Waals surface area contributed by atoms with Gasteiger partial charge in [-0.15, -0.1) is 0 Å². The largest absolute Gasteiger partial charge is 0.459 e. The monoisotopic (exact) mass is 271 g/mol. The number of hydrogen-bond donors (Lipinski definition) is 0. The summed E-state index contributed by atoms with van der Waals surface area (Å²) in [6.45, 7) is 3.71. The molecule has 0 aromatic heterocycles. The number of nitrogens with zero attached hydrogens (tertiary/aromatic N) is 1. The molecule has 0 aliphatic carbocycles. The molecule has 0 heterocycles. The molecule has 1 aromatic rings. The number of nitro groups is 1. The highest BCUT2D eigenvalue weighted by Crippen LogP contribution is 2.24. The normalized spacial score (nSPS) is 11.9. The van der Waals surface area contributed by atoms with E-state index >= 15 is 0 Å². The summed E-state index contributed by atoms with van der Waals surface area (Å²) in [4.78, 5) is 22.0. The van der Waals surface area contributed by atoms with Crippen LogP contribution in [0.4, 0.5) is 5.69 Å². The number of carbonyl (C=O) groups excluding carboxylic acids is 1. The lowest BCUT2D eigenvalue weighted by atomic mass is 10.1. The molecule has 0 saturated heterocycles. The van der Waals surface area contributed by atoms with Crippen LogP contribution < -0.4 is 0 Å². The molecule has 0 amide bonds. The Labute approximate surface area is 110 Å². The van der Waals surface area contributed by atoms with Crippen LogP contribution in [0.2, 0.25) is 5.02 Å². The minimum atomic E-state index is -0.717. The maximum Gasteiger partial charge on any atom is 0.345 e. The summed E-state index contributed by atoms with van der Waals surface area (Å²) < 4.78 is 5.12. The van der Waals surface area contributed by atoms with Gasteiger partial charge < -0.3 is 4.74 Å². The van der Waals surface area contributed by atoms with Gasteiger partial charge in [0.25, 0.3) is 5.69 Å².